The largest absolute Gasteiger partial charge is 0.388 e. The van der Waals surface area contributed by atoms with Gasteiger partial charge in [-0.1, -0.05) is 30.3 Å². The Morgan fingerprint density at radius 3 is 2.56 bits per heavy atom. The summed E-state index contributed by atoms with van der Waals surface area (Å²) in [6.45, 7) is 0.594. The van der Waals surface area contributed by atoms with Gasteiger partial charge in [-0.2, -0.15) is 0 Å². The maximum Gasteiger partial charge on any atom is 0.0845 e. The Balaban J connectivity index is 2.02. The summed E-state index contributed by atoms with van der Waals surface area (Å²) in [5.74, 6) is 0. The van der Waals surface area contributed by atoms with Crippen LogP contribution in [0, 0.1) is 0 Å². The molecule has 2 rings (SSSR count). The van der Waals surface area contributed by atoms with E-state index in [1.54, 1.807) is 13.3 Å². The number of rotatable bonds is 5. The average molecular weight is 243 g/mol. The van der Waals surface area contributed by atoms with Crippen LogP contribution in [-0.2, 0) is 17.8 Å². The molecular formula is C15H17NO2. The normalized spacial score (nSPS) is 12.3. The Bertz CT molecular complexity index is 468. The standard InChI is InChI=1S/C15H17NO2/c1-18-11-12-5-7-13(8-6-12)15(17)10-14-4-2-3-9-16-14/h2-9,15,17H,10-11H2,1H3. The highest BCUT2D eigenvalue weighted by molar-refractivity contribution is 5.24. The molecule has 18 heavy (non-hydrogen) atoms. The fraction of sp³-hybridized carbons (Fsp3) is 0.267. The third-order valence-electron chi connectivity index (χ3n) is 2.80. The van der Waals surface area contributed by atoms with Crippen LogP contribution in [0.15, 0.2) is 48.7 Å². The van der Waals surface area contributed by atoms with E-state index < -0.39 is 6.10 Å². The lowest BCUT2D eigenvalue weighted by molar-refractivity contribution is 0.176. The Hall–Kier alpha value is -1.71. The summed E-state index contributed by atoms with van der Waals surface area (Å²) in [7, 11) is 1.67. The third kappa shape index (κ3) is 3.39. The molecule has 0 fully saturated rings. The lowest BCUT2D eigenvalue weighted by Crippen LogP contribution is -2.03. The van der Waals surface area contributed by atoms with Crippen molar-refractivity contribution in [3.8, 4) is 0 Å². The van der Waals surface area contributed by atoms with Crippen molar-refractivity contribution < 1.29 is 9.84 Å². The van der Waals surface area contributed by atoms with Crippen molar-refractivity contribution in [2.45, 2.75) is 19.1 Å². The van der Waals surface area contributed by atoms with Gasteiger partial charge in [0.2, 0.25) is 0 Å². The van der Waals surface area contributed by atoms with Gasteiger partial charge < -0.3 is 9.84 Å². The SMILES string of the molecule is COCc1ccc(C(O)Cc2ccccn2)cc1. The van der Waals surface area contributed by atoms with Crippen molar-refractivity contribution in [3.05, 3.63) is 65.5 Å². The summed E-state index contributed by atoms with van der Waals surface area (Å²) in [4.78, 5) is 4.21. The van der Waals surface area contributed by atoms with Crippen LogP contribution >= 0.6 is 0 Å². The van der Waals surface area contributed by atoms with Gasteiger partial charge in [0.15, 0.2) is 0 Å². The lowest BCUT2D eigenvalue weighted by atomic mass is 10.0. The molecule has 3 heteroatoms. The molecule has 0 saturated heterocycles. The number of ether oxygens (including phenoxy) is 1. The molecule has 0 radical (unpaired) electrons. The molecule has 1 unspecified atom stereocenters. The van der Waals surface area contributed by atoms with E-state index in [4.69, 9.17) is 4.74 Å². The molecular weight excluding hydrogens is 226 g/mol. The Labute approximate surface area is 107 Å². The van der Waals surface area contributed by atoms with Gasteiger partial charge in [-0.3, -0.25) is 4.98 Å². The van der Waals surface area contributed by atoms with Gasteiger partial charge in [0.1, 0.15) is 0 Å². The van der Waals surface area contributed by atoms with Crippen LogP contribution in [0.3, 0.4) is 0 Å². The Morgan fingerprint density at radius 1 is 1.17 bits per heavy atom. The number of aliphatic hydroxyl groups is 1. The summed E-state index contributed by atoms with van der Waals surface area (Å²) in [6, 6.07) is 13.5. The molecule has 0 bridgehead atoms. The lowest BCUT2D eigenvalue weighted by Gasteiger charge is -2.11. The molecule has 2 aromatic rings. The first-order chi connectivity index (χ1) is 8.79. The highest BCUT2D eigenvalue weighted by Gasteiger charge is 2.09. The van der Waals surface area contributed by atoms with E-state index in [0.29, 0.717) is 13.0 Å². The first kappa shape index (κ1) is 12.7. The molecule has 1 aromatic carbocycles. The second-order valence-corrected chi connectivity index (χ2v) is 4.22. The van der Waals surface area contributed by atoms with Crippen molar-refractivity contribution >= 4 is 0 Å². The maximum absolute atomic E-state index is 10.1. The topological polar surface area (TPSA) is 42.4 Å². The van der Waals surface area contributed by atoms with E-state index in [2.05, 4.69) is 4.98 Å². The van der Waals surface area contributed by atoms with Crippen LogP contribution in [0.2, 0.25) is 0 Å². The van der Waals surface area contributed by atoms with Gasteiger partial charge in [0.25, 0.3) is 0 Å². The minimum Gasteiger partial charge on any atom is -0.388 e. The summed E-state index contributed by atoms with van der Waals surface area (Å²) < 4.78 is 5.05. The maximum atomic E-state index is 10.1. The average Bonchev–Trinajstić information content (AvgIpc) is 2.41. The fourth-order valence-electron chi connectivity index (χ4n) is 1.84. The highest BCUT2D eigenvalue weighted by atomic mass is 16.5. The number of pyridine rings is 1. The second kappa shape index (κ2) is 6.28. The second-order valence-electron chi connectivity index (χ2n) is 4.22. The van der Waals surface area contributed by atoms with Gasteiger partial charge in [-0.05, 0) is 23.3 Å². The van der Waals surface area contributed by atoms with Crippen molar-refractivity contribution in [2.24, 2.45) is 0 Å². The Morgan fingerprint density at radius 2 is 1.94 bits per heavy atom. The monoisotopic (exact) mass is 243 g/mol. The quantitative estimate of drug-likeness (QED) is 0.877. The minimum absolute atomic E-state index is 0.517. The summed E-state index contributed by atoms with van der Waals surface area (Å²) >= 11 is 0. The molecule has 0 aliphatic heterocycles. The number of nitrogens with zero attached hydrogens (tertiary/aromatic N) is 1. The zero-order valence-corrected chi connectivity index (χ0v) is 10.4. The van der Waals surface area contributed by atoms with Crippen molar-refractivity contribution in [2.75, 3.05) is 7.11 Å². The zero-order chi connectivity index (χ0) is 12.8. The molecule has 1 aromatic heterocycles. The van der Waals surface area contributed by atoms with Gasteiger partial charge in [-0.15, -0.1) is 0 Å². The molecule has 3 nitrogen and oxygen atoms in total. The molecule has 1 heterocycles. The molecule has 1 N–H and O–H groups in total. The number of benzene rings is 1. The van der Waals surface area contributed by atoms with Crippen molar-refractivity contribution in [3.63, 3.8) is 0 Å². The molecule has 0 aliphatic rings. The van der Waals surface area contributed by atoms with E-state index in [1.165, 1.54) is 0 Å². The number of hydrogen-bond donors (Lipinski definition) is 1. The smallest absolute Gasteiger partial charge is 0.0845 e. The first-order valence-electron chi connectivity index (χ1n) is 5.95. The van der Waals surface area contributed by atoms with Gasteiger partial charge in [-0.25, -0.2) is 0 Å². The van der Waals surface area contributed by atoms with E-state index in [9.17, 15) is 5.11 Å². The predicted molar refractivity (Wildman–Crippen MR) is 70.1 cm³/mol. The molecule has 0 amide bonds. The molecule has 0 saturated carbocycles. The summed E-state index contributed by atoms with van der Waals surface area (Å²) in [5.41, 5.74) is 2.90. The van der Waals surface area contributed by atoms with E-state index in [-0.39, 0.29) is 0 Å². The number of methoxy groups -OCH3 is 1. The first-order valence-corrected chi connectivity index (χ1v) is 5.95. The number of aliphatic hydroxyl groups excluding tert-OH is 1. The summed E-state index contributed by atoms with van der Waals surface area (Å²) in [6.07, 6.45) is 1.75. The van der Waals surface area contributed by atoms with Crippen molar-refractivity contribution in [1.29, 1.82) is 0 Å². The van der Waals surface area contributed by atoms with E-state index in [0.717, 1.165) is 16.8 Å². The van der Waals surface area contributed by atoms with Crippen LogP contribution in [-0.4, -0.2) is 17.2 Å². The van der Waals surface area contributed by atoms with Crippen LogP contribution in [0.25, 0.3) is 0 Å². The van der Waals surface area contributed by atoms with Gasteiger partial charge in [0.05, 0.1) is 12.7 Å². The predicted octanol–water partition coefficient (Wildman–Crippen LogP) is 2.50. The minimum atomic E-state index is -0.517. The molecule has 0 aliphatic carbocycles. The van der Waals surface area contributed by atoms with Gasteiger partial charge >= 0.3 is 0 Å². The van der Waals surface area contributed by atoms with Crippen molar-refractivity contribution in [1.82, 2.24) is 4.98 Å². The number of aromatic nitrogens is 1. The fourth-order valence-corrected chi connectivity index (χ4v) is 1.84. The molecule has 94 valence electrons. The third-order valence-corrected chi connectivity index (χ3v) is 2.80. The van der Waals surface area contributed by atoms with Gasteiger partial charge in [0, 0.05) is 25.4 Å². The van der Waals surface area contributed by atoms with Crippen LogP contribution in [0.5, 0.6) is 0 Å². The summed E-state index contributed by atoms with van der Waals surface area (Å²) in [5, 5.41) is 10.1. The molecule has 0 spiro atoms. The van der Waals surface area contributed by atoms with E-state index >= 15 is 0 Å². The highest BCUT2D eigenvalue weighted by Crippen LogP contribution is 2.18. The molecule has 1 atom stereocenters. The van der Waals surface area contributed by atoms with Crippen LogP contribution in [0.1, 0.15) is 22.9 Å². The zero-order valence-electron chi connectivity index (χ0n) is 10.4. The number of hydrogen-bond acceptors (Lipinski definition) is 3. The Kier molecular flexibility index (Phi) is 4.45. The van der Waals surface area contributed by atoms with E-state index in [1.807, 2.05) is 42.5 Å². The van der Waals surface area contributed by atoms with Crippen LogP contribution < -0.4 is 0 Å². The van der Waals surface area contributed by atoms with Crippen LogP contribution in [0.4, 0.5) is 0 Å².